The Kier molecular flexibility index (Phi) is 5.52. The number of esters is 1. The number of pyridine rings is 1. The lowest BCUT2D eigenvalue weighted by Crippen LogP contribution is -2.38. The fraction of sp³-hybridized carbons (Fsp3) is 0.348. The van der Waals surface area contributed by atoms with Gasteiger partial charge in [-0.3, -0.25) is 0 Å². The van der Waals surface area contributed by atoms with E-state index in [1.807, 2.05) is 23.1 Å². The van der Waals surface area contributed by atoms with Gasteiger partial charge < -0.3 is 24.4 Å². The van der Waals surface area contributed by atoms with Crippen LogP contribution in [0.4, 0.5) is 17.5 Å². The summed E-state index contributed by atoms with van der Waals surface area (Å²) in [6, 6.07) is 7.03. The topological polar surface area (TPSA) is 103 Å². The van der Waals surface area contributed by atoms with E-state index >= 15 is 0 Å². The van der Waals surface area contributed by atoms with Crippen LogP contribution in [-0.4, -0.2) is 46.9 Å². The largest absolute Gasteiger partial charge is 0.464 e. The second kappa shape index (κ2) is 8.78. The molecule has 1 saturated heterocycles. The lowest BCUT2D eigenvalue weighted by atomic mass is 10.2. The predicted molar refractivity (Wildman–Crippen MR) is 120 cm³/mol. The standard InChI is InChI=1S/C23H22N6O4/c1-3-31-22(30)17-5-4-8-29(17)23-27-20(16-10-15(24-2)12-26-21(16)28-23)25-11-14-6-7-18-19(9-14)33-13-32-18/h6-7,9-10,12,17H,3-5,8,11,13H2,1H3,(H,25,26,27,28)/t17-/m0/s1. The zero-order chi connectivity index (χ0) is 22.8. The van der Waals surface area contributed by atoms with E-state index in [4.69, 9.17) is 25.8 Å². The minimum atomic E-state index is -0.424. The Morgan fingerprint density at radius 1 is 1.30 bits per heavy atom. The maximum atomic E-state index is 12.5. The number of nitrogens with zero attached hydrogens (tertiary/aromatic N) is 5. The molecule has 2 aliphatic heterocycles. The molecule has 1 fully saturated rings. The smallest absolute Gasteiger partial charge is 0.328 e. The van der Waals surface area contributed by atoms with Crippen molar-refractivity contribution in [2.75, 3.05) is 30.2 Å². The molecule has 1 N–H and O–H groups in total. The average Bonchev–Trinajstić information content (AvgIpc) is 3.51. The number of carbonyl (C=O) groups is 1. The third kappa shape index (κ3) is 4.05. The Bertz CT molecular complexity index is 1260. The van der Waals surface area contributed by atoms with E-state index in [0.29, 0.717) is 60.4 Å². The summed E-state index contributed by atoms with van der Waals surface area (Å²) in [5, 5.41) is 3.99. The summed E-state index contributed by atoms with van der Waals surface area (Å²) in [7, 11) is 0. The van der Waals surface area contributed by atoms with E-state index < -0.39 is 6.04 Å². The normalized spacial score (nSPS) is 16.6. The van der Waals surface area contributed by atoms with E-state index in [2.05, 4.69) is 20.1 Å². The molecule has 1 atom stereocenters. The summed E-state index contributed by atoms with van der Waals surface area (Å²) in [5.41, 5.74) is 1.83. The maximum absolute atomic E-state index is 12.5. The highest BCUT2D eigenvalue weighted by molar-refractivity contribution is 5.90. The van der Waals surface area contributed by atoms with Gasteiger partial charge in [0.2, 0.25) is 18.4 Å². The van der Waals surface area contributed by atoms with Crippen molar-refractivity contribution in [2.45, 2.75) is 32.4 Å². The van der Waals surface area contributed by atoms with Gasteiger partial charge in [-0.15, -0.1) is 0 Å². The maximum Gasteiger partial charge on any atom is 0.328 e. The van der Waals surface area contributed by atoms with Crippen LogP contribution in [-0.2, 0) is 16.1 Å². The number of fused-ring (bicyclic) bond motifs is 2. The van der Waals surface area contributed by atoms with Crippen molar-refractivity contribution in [3.63, 3.8) is 0 Å². The van der Waals surface area contributed by atoms with Crippen LogP contribution in [0.25, 0.3) is 15.9 Å². The van der Waals surface area contributed by atoms with Crippen molar-refractivity contribution in [1.29, 1.82) is 0 Å². The first-order chi connectivity index (χ1) is 16.2. The van der Waals surface area contributed by atoms with E-state index in [1.165, 1.54) is 6.20 Å². The molecular formula is C23H22N6O4. The molecule has 0 saturated carbocycles. The highest BCUT2D eigenvalue weighted by Crippen LogP contribution is 2.33. The van der Waals surface area contributed by atoms with Crippen LogP contribution in [0.2, 0.25) is 0 Å². The highest BCUT2D eigenvalue weighted by atomic mass is 16.7. The van der Waals surface area contributed by atoms with Gasteiger partial charge in [-0.2, -0.15) is 9.97 Å². The first-order valence-corrected chi connectivity index (χ1v) is 10.8. The summed E-state index contributed by atoms with van der Waals surface area (Å²) < 4.78 is 16.1. The summed E-state index contributed by atoms with van der Waals surface area (Å²) in [6.07, 6.45) is 3.01. The summed E-state index contributed by atoms with van der Waals surface area (Å²) >= 11 is 0. The third-order valence-corrected chi connectivity index (χ3v) is 5.62. The highest BCUT2D eigenvalue weighted by Gasteiger charge is 2.34. The SMILES string of the molecule is [C-]#[N+]c1cnc2nc(N3CCC[C@H]3C(=O)OCC)nc(NCc3ccc4c(c3)OCO4)c2c1. The van der Waals surface area contributed by atoms with Gasteiger partial charge in [-0.05, 0) is 43.5 Å². The molecule has 33 heavy (non-hydrogen) atoms. The third-order valence-electron chi connectivity index (χ3n) is 5.62. The minimum absolute atomic E-state index is 0.217. The quantitative estimate of drug-likeness (QED) is 0.450. The van der Waals surface area contributed by atoms with Crippen LogP contribution in [0, 0.1) is 6.57 Å². The number of anilines is 2. The first kappa shape index (κ1) is 20.8. The number of hydrogen-bond acceptors (Lipinski definition) is 9. The van der Waals surface area contributed by atoms with Crippen LogP contribution in [0.5, 0.6) is 11.5 Å². The zero-order valence-electron chi connectivity index (χ0n) is 18.1. The second-order valence-corrected chi connectivity index (χ2v) is 7.69. The van der Waals surface area contributed by atoms with Crippen molar-refractivity contribution >= 4 is 34.5 Å². The number of ether oxygens (including phenoxy) is 3. The molecule has 5 rings (SSSR count). The Morgan fingerprint density at radius 3 is 3.03 bits per heavy atom. The van der Waals surface area contributed by atoms with Crippen LogP contribution in [0.3, 0.4) is 0 Å². The molecule has 1 aromatic carbocycles. The number of aromatic nitrogens is 3. The van der Waals surface area contributed by atoms with E-state index in [-0.39, 0.29) is 12.8 Å². The predicted octanol–water partition coefficient (Wildman–Crippen LogP) is 3.45. The molecule has 168 valence electrons. The molecular weight excluding hydrogens is 424 g/mol. The minimum Gasteiger partial charge on any atom is -0.464 e. The van der Waals surface area contributed by atoms with Crippen molar-refractivity contribution in [3.05, 3.63) is 47.4 Å². The first-order valence-electron chi connectivity index (χ1n) is 10.8. The number of rotatable bonds is 6. The van der Waals surface area contributed by atoms with Crippen molar-refractivity contribution in [3.8, 4) is 11.5 Å². The van der Waals surface area contributed by atoms with Gasteiger partial charge in [0.25, 0.3) is 0 Å². The molecule has 3 aromatic rings. The number of hydrogen-bond donors (Lipinski definition) is 1. The molecule has 0 bridgehead atoms. The Labute approximate surface area is 190 Å². The van der Waals surface area contributed by atoms with Gasteiger partial charge in [-0.1, -0.05) is 6.07 Å². The van der Waals surface area contributed by atoms with Gasteiger partial charge >= 0.3 is 5.97 Å². The molecule has 0 aliphatic carbocycles. The van der Waals surface area contributed by atoms with Gasteiger partial charge in [0.15, 0.2) is 17.1 Å². The summed E-state index contributed by atoms with van der Waals surface area (Å²) in [5.74, 6) is 2.10. The van der Waals surface area contributed by atoms with E-state index in [0.717, 1.165) is 17.7 Å². The van der Waals surface area contributed by atoms with Crippen molar-refractivity contribution in [1.82, 2.24) is 15.0 Å². The number of benzene rings is 1. The lowest BCUT2D eigenvalue weighted by molar-refractivity contribution is -0.144. The second-order valence-electron chi connectivity index (χ2n) is 7.69. The Balaban J connectivity index is 1.49. The molecule has 2 aromatic heterocycles. The molecule has 10 heteroatoms. The van der Waals surface area contributed by atoms with Crippen LogP contribution in [0.1, 0.15) is 25.3 Å². The molecule has 4 heterocycles. The van der Waals surface area contributed by atoms with E-state index in [9.17, 15) is 4.79 Å². The molecule has 0 unspecified atom stereocenters. The van der Waals surface area contributed by atoms with Crippen molar-refractivity contribution < 1.29 is 19.0 Å². The summed E-state index contributed by atoms with van der Waals surface area (Å²) in [6.45, 7) is 10.8. The fourth-order valence-electron chi connectivity index (χ4n) is 4.04. The molecule has 0 amide bonds. The van der Waals surface area contributed by atoms with Crippen molar-refractivity contribution in [2.24, 2.45) is 0 Å². The molecule has 2 aliphatic rings. The Hall–Kier alpha value is -4.13. The molecule has 0 spiro atoms. The number of nitrogens with one attached hydrogen (secondary N) is 1. The molecule has 10 nitrogen and oxygen atoms in total. The van der Waals surface area contributed by atoms with E-state index in [1.54, 1.807) is 13.0 Å². The molecule has 0 radical (unpaired) electrons. The number of carbonyl (C=O) groups excluding carboxylic acids is 1. The van der Waals surface area contributed by atoms with Gasteiger partial charge in [0.05, 0.1) is 18.6 Å². The Morgan fingerprint density at radius 2 is 2.18 bits per heavy atom. The van der Waals surface area contributed by atoms with Gasteiger partial charge in [0, 0.05) is 19.3 Å². The zero-order valence-corrected chi connectivity index (χ0v) is 18.1. The monoisotopic (exact) mass is 446 g/mol. The fourth-order valence-corrected chi connectivity index (χ4v) is 4.04. The van der Waals surface area contributed by atoms with Crippen LogP contribution >= 0.6 is 0 Å². The average molecular weight is 446 g/mol. The summed E-state index contributed by atoms with van der Waals surface area (Å²) in [4.78, 5) is 31.5. The van der Waals surface area contributed by atoms with Gasteiger partial charge in [-0.25, -0.2) is 14.6 Å². The van der Waals surface area contributed by atoms with Gasteiger partial charge in [0.1, 0.15) is 11.9 Å². The van der Waals surface area contributed by atoms with Crippen LogP contribution < -0.4 is 19.7 Å². The lowest BCUT2D eigenvalue weighted by Gasteiger charge is -2.24. The van der Waals surface area contributed by atoms with Crippen LogP contribution in [0.15, 0.2) is 30.5 Å².